The fourth-order valence-corrected chi connectivity index (χ4v) is 0.142. The van der Waals surface area contributed by atoms with Gasteiger partial charge in [0.15, 0.2) is 0 Å². The molecule has 0 bridgehead atoms. The number of amides is 1. The van der Waals surface area contributed by atoms with E-state index in [9.17, 15) is 4.79 Å². The van der Waals surface area contributed by atoms with Crippen molar-refractivity contribution in [2.75, 3.05) is 6.61 Å². The van der Waals surface area contributed by atoms with Gasteiger partial charge in [0, 0.05) is 0 Å². The molecule has 52 valence electrons. The van der Waals surface area contributed by atoms with Crippen molar-refractivity contribution in [3.05, 3.63) is 0 Å². The fraction of sp³-hybridized carbons (Fsp3) is 0.667. The van der Waals surface area contributed by atoms with E-state index in [1.54, 1.807) is 6.92 Å². The molecule has 2 N–H and O–H groups in total. The number of carbonyl (C=O) groups is 1. The second-order valence-corrected chi connectivity index (χ2v) is 0.752. The van der Waals surface area contributed by atoms with Crippen LogP contribution in [0, 0.1) is 0 Å². The standard InChI is InChI=1S/C3H7NO2.2ClH/c1-2-6-3(4)5;;/h2H2,1H3,(H2,4,5);2*1H. The SMILES string of the molecule is CCOC(N)=O.Cl.Cl. The van der Waals surface area contributed by atoms with Crippen LogP contribution in [0.5, 0.6) is 0 Å². The van der Waals surface area contributed by atoms with E-state index in [0.29, 0.717) is 6.61 Å². The Hall–Kier alpha value is -0.150. The van der Waals surface area contributed by atoms with E-state index in [2.05, 4.69) is 10.5 Å². The van der Waals surface area contributed by atoms with Gasteiger partial charge in [-0.15, -0.1) is 24.8 Å². The summed E-state index contributed by atoms with van der Waals surface area (Å²) in [5.41, 5.74) is 4.54. The molecule has 0 aromatic carbocycles. The van der Waals surface area contributed by atoms with E-state index in [-0.39, 0.29) is 24.8 Å². The number of hydrogen-bond acceptors (Lipinski definition) is 2. The lowest BCUT2D eigenvalue weighted by Crippen LogP contribution is -2.11. The molecule has 8 heavy (non-hydrogen) atoms. The van der Waals surface area contributed by atoms with Gasteiger partial charge in [-0.1, -0.05) is 0 Å². The van der Waals surface area contributed by atoms with Gasteiger partial charge in [-0.25, -0.2) is 4.79 Å². The summed E-state index contributed by atoms with van der Waals surface area (Å²) < 4.78 is 4.18. The highest BCUT2D eigenvalue weighted by Crippen LogP contribution is 1.66. The number of rotatable bonds is 1. The quantitative estimate of drug-likeness (QED) is 0.623. The largest absolute Gasteiger partial charge is 0.450 e. The molecule has 0 spiro atoms. The van der Waals surface area contributed by atoms with Crippen LogP contribution in [0.4, 0.5) is 4.79 Å². The van der Waals surface area contributed by atoms with Crippen LogP contribution in [0.3, 0.4) is 0 Å². The molecule has 0 unspecified atom stereocenters. The molecule has 0 aliphatic rings. The van der Waals surface area contributed by atoms with Crippen molar-refractivity contribution in [1.29, 1.82) is 0 Å². The summed E-state index contributed by atoms with van der Waals surface area (Å²) in [6.45, 7) is 2.06. The van der Waals surface area contributed by atoms with Gasteiger partial charge >= 0.3 is 6.09 Å². The minimum absolute atomic E-state index is 0. The highest BCUT2D eigenvalue weighted by Gasteiger charge is 1.82. The highest BCUT2D eigenvalue weighted by atomic mass is 35.5. The smallest absolute Gasteiger partial charge is 0.404 e. The van der Waals surface area contributed by atoms with Crippen molar-refractivity contribution in [1.82, 2.24) is 0 Å². The third kappa shape index (κ3) is 16.9. The van der Waals surface area contributed by atoms with E-state index >= 15 is 0 Å². The Morgan fingerprint density at radius 1 is 1.62 bits per heavy atom. The minimum atomic E-state index is -0.711. The second-order valence-electron chi connectivity index (χ2n) is 0.752. The van der Waals surface area contributed by atoms with E-state index in [4.69, 9.17) is 0 Å². The maximum Gasteiger partial charge on any atom is 0.404 e. The topological polar surface area (TPSA) is 52.3 Å². The Morgan fingerprint density at radius 2 is 2.00 bits per heavy atom. The van der Waals surface area contributed by atoms with E-state index in [1.807, 2.05) is 0 Å². The van der Waals surface area contributed by atoms with Crippen molar-refractivity contribution in [3.63, 3.8) is 0 Å². The van der Waals surface area contributed by atoms with Gasteiger partial charge in [0.05, 0.1) is 6.61 Å². The van der Waals surface area contributed by atoms with Gasteiger partial charge in [-0.3, -0.25) is 0 Å². The number of halogens is 2. The first kappa shape index (κ1) is 15.7. The third-order valence-electron chi connectivity index (χ3n) is 0.287. The van der Waals surface area contributed by atoms with Crippen molar-refractivity contribution < 1.29 is 9.53 Å². The van der Waals surface area contributed by atoms with Gasteiger partial charge in [0.2, 0.25) is 0 Å². The maximum atomic E-state index is 9.60. The van der Waals surface area contributed by atoms with Crippen LogP contribution in [-0.2, 0) is 4.74 Å². The number of primary amides is 1. The molecule has 0 aromatic heterocycles. The van der Waals surface area contributed by atoms with Crippen molar-refractivity contribution in [2.45, 2.75) is 6.92 Å². The predicted molar refractivity (Wildman–Crippen MR) is 35.7 cm³/mol. The zero-order valence-corrected chi connectivity index (χ0v) is 6.05. The Labute approximate surface area is 60.4 Å². The molecule has 1 amide bonds. The third-order valence-corrected chi connectivity index (χ3v) is 0.287. The number of nitrogens with two attached hydrogens (primary N) is 1. The molecule has 0 rings (SSSR count). The van der Waals surface area contributed by atoms with E-state index in [1.165, 1.54) is 0 Å². The molecule has 0 fully saturated rings. The molecular formula is C3H9Cl2NO2. The van der Waals surface area contributed by atoms with E-state index in [0.717, 1.165) is 0 Å². The molecule has 0 aromatic rings. The Kier molecular flexibility index (Phi) is 19.5. The van der Waals surface area contributed by atoms with Crippen LogP contribution in [0.1, 0.15) is 6.92 Å². The van der Waals surface area contributed by atoms with Crippen LogP contribution in [0.25, 0.3) is 0 Å². The molecular weight excluding hydrogens is 153 g/mol. The predicted octanol–water partition coefficient (Wildman–Crippen LogP) is 0.945. The Balaban J connectivity index is -0.000000125. The average Bonchev–Trinajstić information content (AvgIpc) is 1.35. The van der Waals surface area contributed by atoms with Gasteiger partial charge in [-0.05, 0) is 6.92 Å². The second kappa shape index (κ2) is 9.97. The first-order valence-corrected chi connectivity index (χ1v) is 1.69. The van der Waals surface area contributed by atoms with Crippen LogP contribution < -0.4 is 5.73 Å². The molecule has 0 atom stereocenters. The van der Waals surface area contributed by atoms with Crippen molar-refractivity contribution in [2.24, 2.45) is 5.73 Å². The monoisotopic (exact) mass is 161 g/mol. The summed E-state index contributed by atoms with van der Waals surface area (Å²) >= 11 is 0. The molecule has 5 heteroatoms. The molecule has 0 saturated heterocycles. The van der Waals surface area contributed by atoms with Crippen LogP contribution >= 0.6 is 24.8 Å². The maximum absolute atomic E-state index is 9.60. The number of ether oxygens (including phenoxy) is 1. The summed E-state index contributed by atoms with van der Waals surface area (Å²) in [6.07, 6.45) is -0.711. The first-order valence-electron chi connectivity index (χ1n) is 1.69. The van der Waals surface area contributed by atoms with E-state index < -0.39 is 6.09 Å². The molecule has 0 heterocycles. The lowest BCUT2D eigenvalue weighted by atomic mass is 10.9. The van der Waals surface area contributed by atoms with Gasteiger partial charge in [-0.2, -0.15) is 0 Å². The summed E-state index contributed by atoms with van der Waals surface area (Å²) in [6, 6.07) is 0. The normalized spacial score (nSPS) is 5.62. The Morgan fingerprint density at radius 3 is 2.00 bits per heavy atom. The van der Waals surface area contributed by atoms with Crippen LogP contribution in [-0.4, -0.2) is 12.7 Å². The summed E-state index contributed by atoms with van der Waals surface area (Å²) in [7, 11) is 0. The molecule has 0 radical (unpaired) electrons. The lowest BCUT2D eigenvalue weighted by molar-refractivity contribution is 0.163. The van der Waals surface area contributed by atoms with Crippen LogP contribution in [0.15, 0.2) is 0 Å². The van der Waals surface area contributed by atoms with Gasteiger partial charge in [0.1, 0.15) is 0 Å². The lowest BCUT2D eigenvalue weighted by Gasteiger charge is -1.89. The highest BCUT2D eigenvalue weighted by molar-refractivity contribution is 5.85. The number of carbonyl (C=O) groups excluding carboxylic acids is 1. The fourth-order valence-electron chi connectivity index (χ4n) is 0.142. The van der Waals surface area contributed by atoms with Crippen molar-refractivity contribution in [3.8, 4) is 0 Å². The summed E-state index contributed by atoms with van der Waals surface area (Å²) in [5, 5.41) is 0. The molecule has 3 nitrogen and oxygen atoms in total. The van der Waals surface area contributed by atoms with Gasteiger partial charge in [0.25, 0.3) is 0 Å². The molecule has 0 aliphatic carbocycles. The van der Waals surface area contributed by atoms with Crippen LogP contribution in [0.2, 0.25) is 0 Å². The first-order chi connectivity index (χ1) is 2.77. The molecule has 0 aliphatic heterocycles. The summed E-state index contributed by atoms with van der Waals surface area (Å²) in [5.74, 6) is 0. The Bertz CT molecular complexity index is 59.2. The number of hydrogen-bond donors (Lipinski definition) is 1. The zero-order chi connectivity index (χ0) is 4.99. The minimum Gasteiger partial charge on any atom is -0.450 e. The van der Waals surface area contributed by atoms with Gasteiger partial charge < -0.3 is 10.5 Å². The summed E-state index contributed by atoms with van der Waals surface area (Å²) in [4.78, 5) is 9.60. The van der Waals surface area contributed by atoms with Crippen molar-refractivity contribution >= 4 is 30.9 Å². The zero-order valence-electron chi connectivity index (χ0n) is 4.42. The molecule has 0 saturated carbocycles. The average molecular weight is 162 g/mol.